The molecule has 0 amide bonds. The molecule has 0 saturated carbocycles. The van der Waals surface area contributed by atoms with E-state index in [1.165, 1.54) is 5.56 Å². The second-order valence-electron chi connectivity index (χ2n) is 5.02. The number of rotatable bonds is 2. The van der Waals surface area contributed by atoms with Crippen LogP contribution >= 0.6 is 23.2 Å². The van der Waals surface area contributed by atoms with Crippen molar-refractivity contribution in [3.05, 3.63) is 69.1 Å². The summed E-state index contributed by atoms with van der Waals surface area (Å²) in [6.07, 6.45) is 1.71. The number of nitrogens with one attached hydrogen (secondary N) is 1. The molecule has 1 aliphatic carbocycles. The topological polar surface area (TPSA) is 12.0 Å². The summed E-state index contributed by atoms with van der Waals surface area (Å²) in [6, 6.07) is 8.33. The zero-order valence-electron chi connectivity index (χ0n) is 14.1. The number of hydrogen-bond donors (Lipinski definition) is 1. The molecule has 0 aliphatic heterocycles. The van der Waals surface area contributed by atoms with Crippen LogP contribution in [-0.4, -0.2) is 7.05 Å². The molecule has 0 aromatic heterocycles. The fraction of sp³-hybridized carbons (Fsp3) is 0.294. The van der Waals surface area contributed by atoms with E-state index in [2.05, 4.69) is 11.4 Å². The highest BCUT2D eigenvalue weighted by atomic mass is 35.5. The van der Waals surface area contributed by atoms with Crippen LogP contribution < -0.4 is 5.32 Å². The van der Waals surface area contributed by atoms with Gasteiger partial charge in [-0.2, -0.15) is 0 Å². The van der Waals surface area contributed by atoms with Crippen LogP contribution in [0.4, 0.5) is 0 Å². The molecule has 0 heterocycles. The summed E-state index contributed by atoms with van der Waals surface area (Å²) in [6.45, 7) is 0. The summed E-state index contributed by atoms with van der Waals surface area (Å²) in [5, 5.41) is 3.37. The van der Waals surface area contributed by atoms with E-state index < -0.39 is 0 Å². The second-order valence-corrected chi connectivity index (χ2v) is 5.77. The van der Waals surface area contributed by atoms with Crippen LogP contribution in [0.2, 0.25) is 10.0 Å². The largest absolute Gasteiger partial charge is 0.313 e. The lowest BCUT2D eigenvalue weighted by Gasteiger charge is -2.32. The Morgan fingerprint density at radius 3 is 2.60 bits per heavy atom. The third kappa shape index (κ3) is 2.46. The average Bonchev–Trinajstić information content (AvgIpc) is 2.58. The summed E-state index contributed by atoms with van der Waals surface area (Å²) < 4.78 is 24.6. The fourth-order valence-corrected chi connectivity index (χ4v) is 3.19. The van der Waals surface area contributed by atoms with Gasteiger partial charge in [0, 0.05) is 12.0 Å². The van der Waals surface area contributed by atoms with E-state index in [1.54, 1.807) is 0 Å². The van der Waals surface area contributed by atoms with E-state index in [0.29, 0.717) is 5.56 Å². The van der Waals surface area contributed by atoms with Gasteiger partial charge in [-0.1, -0.05) is 53.5 Å². The highest BCUT2D eigenvalue weighted by Gasteiger charge is 2.27. The Morgan fingerprint density at radius 1 is 1.10 bits per heavy atom. The molecular formula is C17H17Cl2N. The monoisotopic (exact) mass is 308 g/mol. The smallest absolute Gasteiger partial charge is 0.0642 e. The number of benzene rings is 2. The molecule has 0 spiro atoms. The van der Waals surface area contributed by atoms with Crippen molar-refractivity contribution < 1.29 is 4.11 Å². The summed E-state index contributed by atoms with van der Waals surface area (Å²) >= 11 is 12.1. The minimum atomic E-state index is -0.102. The molecule has 0 radical (unpaired) electrons. The maximum Gasteiger partial charge on any atom is 0.0642 e. The molecule has 1 nitrogen and oxygen atoms in total. The summed E-state index contributed by atoms with van der Waals surface area (Å²) in [4.78, 5) is 0. The summed E-state index contributed by atoms with van der Waals surface area (Å²) in [7, 11) is 1.94. The van der Waals surface area contributed by atoms with Crippen LogP contribution in [0.5, 0.6) is 0 Å². The van der Waals surface area contributed by atoms with Crippen LogP contribution in [0.15, 0.2) is 42.4 Å². The molecular weight excluding hydrogens is 289 g/mol. The van der Waals surface area contributed by atoms with E-state index >= 15 is 0 Å². The Labute approximate surface area is 134 Å². The minimum Gasteiger partial charge on any atom is -0.313 e. The quantitative estimate of drug-likeness (QED) is 0.806. The Kier molecular flexibility index (Phi) is 3.08. The molecule has 1 N–H and O–H groups in total. The van der Waals surface area contributed by atoms with E-state index in [0.717, 1.165) is 18.4 Å². The van der Waals surface area contributed by atoms with Gasteiger partial charge in [-0.3, -0.25) is 0 Å². The van der Waals surface area contributed by atoms with Crippen LogP contribution in [0.25, 0.3) is 0 Å². The molecule has 3 heteroatoms. The lowest BCUT2D eigenvalue weighted by Crippen LogP contribution is -2.24. The molecule has 1 aliphatic rings. The first-order chi connectivity index (χ1) is 11.0. The van der Waals surface area contributed by atoms with Crippen molar-refractivity contribution in [1.29, 1.82) is 0 Å². The molecule has 0 fully saturated rings. The minimum absolute atomic E-state index is 0.00658. The van der Waals surface area contributed by atoms with Gasteiger partial charge in [-0.15, -0.1) is 0 Å². The second kappa shape index (κ2) is 5.77. The van der Waals surface area contributed by atoms with Gasteiger partial charge in [-0.05, 0) is 48.7 Å². The Balaban J connectivity index is 2.21. The van der Waals surface area contributed by atoms with E-state index in [4.69, 9.17) is 27.3 Å². The summed E-state index contributed by atoms with van der Waals surface area (Å²) in [5.74, 6) is -0.102. The molecule has 2 atom stereocenters. The first-order valence-corrected chi connectivity index (χ1v) is 7.43. The van der Waals surface area contributed by atoms with E-state index in [9.17, 15) is 0 Å². The van der Waals surface area contributed by atoms with Gasteiger partial charge < -0.3 is 5.32 Å². The Bertz CT molecular complexity index is 735. The Hall–Kier alpha value is -1.02. The fourth-order valence-electron chi connectivity index (χ4n) is 2.95. The van der Waals surface area contributed by atoms with E-state index in [-0.39, 0.29) is 40.1 Å². The van der Waals surface area contributed by atoms with Crippen molar-refractivity contribution in [3.63, 3.8) is 0 Å². The molecule has 2 aromatic rings. The van der Waals surface area contributed by atoms with Gasteiger partial charge >= 0.3 is 0 Å². The molecule has 0 bridgehead atoms. The highest BCUT2D eigenvalue weighted by Crippen LogP contribution is 2.42. The average molecular weight is 309 g/mol. The van der Waals surface area contributed by atoms with Crippen LogP contribution in [0.1, 0.15) is 45.6 Å². The predicted octanol–water partition coefficient (Wildman–Crippen LogP) is 5.18. The highest BCUT2D eigenvalue weighted by molar-refractivity contribution is 6.42. The van der Waals surface area contributed by atoms with Crippen LogP contribution in [0, 0.1) is 0 Å². The standard InChI is InChI=1S/C17H17Cl2N/c1-20-17-9-7-12(13-4-2-3-5-14(13)17)11-6-8-15(18)16(19)10-11/h2-6,8,10,12,17,20H,7,9H2,1H3/t12-,17-/m0/s1/i6D,8D,10D. The van der Waals surface area contributed by atoms with Gasteiger partial charge in [0.25, 0.3) is 0 Å². The normalized spacial score (nSPS) is 23.6. The summed E-state index contributed by atoms with van der Waals surface area (Å²) in [5.41, 5.74) is 2.78. The zero-order valence-corrected chi connectivity index (χ0v) is 12.6. The molecule has 20 heavy (non-hydrogen) atoms. The lowest BCUT2D eigenvalue weighted by atomic mass is 9.77. The molecule has 0 saturated heterocycles. The first kappa shape index (κ1) is 10.7. The van der Waals surface area contributed by atoms with Gasteiger partial charge in [0.2, 0.25) is 0 Å². The van der Waals surface area contributed by atoms with Gasteiger partial charge in [0.15, 0.2) is 0 Å². The first-order valence-electron chi connectivity index (χ1n) is 8.18. The third-order valence-corrected chi connectivity index (χ3v) is 4.60. The van der Waals surface area contributed by atoms with E-state index in [1.807, 2.05) is 25.2 Å². The maximum atomic E-state index is 8.31. The van der Waals surface area contributed by atoms with Crippen molar-refractivity contribution >= 4 is 23.2 Å². The third-order valence-electron chi connectivity index (χ3n) is 3.93. The zero-order chi connectivity index (χ0) is 16.7. The van der Waals surface area contributed by atoms with Crippen molar-refractivity contribution in [2.24, 2.45) is 0 Å². The number of fused-ring (bicyclic) bond motifs is 1. The Morgan fingerprint density at radius 2 is 1.85 bits per heavy atom. The van der Waals surface area contributed by atoms with Gasteiger partial charge in [0.05, 0.1) is 14.2 Å². The van der Waals surface area contributed by atoms with Gasteiger partial charge in [0.1, 0.15) is 0 Å². The lowest BCUT2D eigenvalue weighted by molar-refractivity contribution is 0.471. The van der Waals surface area contributed by atoms with Crippen molar-refractivity contribution in [1.82, 2.24) is 5.32 Å². The van der Waals surface area contributed by atoms with Gasteiger partial charge in [-0.25, -0.2) is 0 Å². The number of hydrogen-bond acceptors (Lipinski definition) is 1. The predicted molar refractivity (Wildman–Crippen MR) is 85.8 cm³/mol. The molecule has 0 unspecified atom stereocenters. The van der Waals surface area contributed by atoms with Crippen molar-refractivity contribution in [2.75, 3.05) is 7.05 Å². The van der Waals surface area contributed by atoms with Crippen molar-refractivity contribution in [2.45, 2.75) is 24.8 Å². The molecule has 2 aromatic carbocycles. The van der Waals surface area contributed by atoms with Crippen molar-refractivity contribution in [3.8, 4) is 0 Å². The molecule has 3 rings (SSSR count). The molecule has 104 valence electrons. The number of halogens is 2. The van der Waals surface area contributed by atoms with Crippen LogP contribution in [-0.2, 0) is 0 Å². The SMILES string of the molecule is [2H]c1c([2H])c([C@@H]2CC[C@H](NC)c3ccccc32)c([2H])c(Cl)c1Cl. The van der Waals surface area contributed by atoms with Crippen LogP contribution in [0.3, 0.4) is 0 Å². The maximum absolute atomic E-state index is 8.31.